The Morgan fingerprint density at radius 3 is 2.42 bits per heavy atom. The van der Waals surface area contributed by atoms with Crippen LogP contribution in [0, 0.1) is 0 Å². The number of benzene rings is 2. The minimum absolute atomic E-state index is 0.196. The third kappa shape index (κ3) is 5.65. The smallest absolute Gasteiger partial charge is 0.340 e. The van der Waals surface area contributed by atoms with E-state index in [0.717, 1.165) is 17.2 Å². The summed E-state index contributed by atoms with van der Waals surface area (Å²) >= 11 is 0. The molecule has 1 amide bonds. The maximum absolute atomic E-state index is 12.6. The fourth-order valence-electron chi connectivity index (χ4n) is 3.71. The van der Waals surface area contributed by atoms with E-state index in [0.29, 0.717) is 44.0 Å². The van der Waals surface area contributed by atoms with Gasteiger partial charge in [0.2, 0.25) is 0 Å². The number of carbonyl (C=O) groups is 2. The van der Waals surface area contributed by atoms with Gasteiger partial charge in [0, 0.05) is 37.6 Å². The molecule has 0 unspecified atom stereocenters. The van der Waals surface area contributed by atoms with Gasteiger partial charge in [-0.15, -0.1) is 0 Å². The maximum atomic E-state index is 12.6. The van der Waals surface area contributed by atoms with Crippen molar-refractivity contribution in [2.24, 2.45) is 0 Å². The quantitative estimate of drug-likeness (QED) is 0.528. The Labute approximate surface area is 192 Å². The normalized spacial score (nSPS) is 13.5. The molecular weight excluding hydrogens is 422 g/mol. The highest BCUT2D eigenvalue weighted by atomic mass is 16.5. The second-order valence-electron chi connectivity index (χ2n) is 7.62. The summed E-state index contributed by atoms with van der Waals surface area (Å²) in [5.41, 5.74) is 2.09. The molecule has 2 aromatic carbocycles. The van der Waals surface area contributed by atoms with Gasteiger partial charge in [-0.05, 0) is 48.5 Å². The molecule has 4 rings (SSSR count). The molecule has 1 N–H and O–H groups in total. The van der Waals surface area contributed by atoms with Crippen LogP contribution in [0.4, 0.5) is 11.4 Å². The van der Waals surface area contributed by atoms with E-state index in [1.165, 1.54) is 0 Å². The number of hydrogen-bond acceptors (Lipinski definition) is 7. The van der Waals surface area contributed by atoms with E-state index >= 15 is 0 Å². The van der Waals surface area contributed by atoms with Gasteiger partial charge in [0.1, 0.15) is 11.5 Å². The van der Waals surface area contributed by atoms with Crippen molar-refractivity contribution >= 4 is 23.3 Å². The number of methoxy groups -OCH3 is 1. The lowest BCUT2D eigenvalue weighted by Crippen LogP contribution is -2.49. The zero-order chi connectivity index (χ0) is 23.0. The molecule has 1 aliphatic heterocycles. The number of nitrogens with zero attached hydrogens (tertiary/aromatic N) is 2. The molecule has 172 valence electrons. The number of amides is 1. The molecule has 0 spiro atoms. The molecule has 1 aromatic heterocycles. The molecule has 0 bridgehead atoms. The third-order valence-corrected chi connectivity index (χ3v) is 5.58. The van der Waals surface area contributed by atoms with E-state index in [1.807, 2.05) is 36.4 Å². The van der Waals surface area contributed by atoms with Crippen molar-refractivity contribution in [2.45, 2.75) is 6.54 Å². The van der Waals surface area contributed by atoms with Gasteiger partial charge in [0.15, 0.2) is 6.61 Å². The van der Waals surface area contributed by atoms with Gasteiger partial charge in [-0.3, -0.25) is 4.79 Å². The summed E-state index contributed by atoms with van der Waals surface area (Å²) in [6, 6.07) is 18.6. The summed E-state index contributed by atoms with van der Waals surface area (Å²) in [7, 11) is 1.64. The highest BCUT2D eigenvalue weighted by molar-refractivity contribution is 5.96. The van der Waals surface area contributed by atoms with E-state index in [2.05, 4.69) is 10.2 Å². The molecule has 8 heteroatoms. The van der Waals surface area contributed by atoms with Crippen LogP contribution in [-0.4, -0.2) is 56.7 Å². The first-order chi connectivity index (χ1) is 16.1. The average Bonchev–Trinajstić information content (AvgIpc) is 3.40. The number of anilines is 2. The second-order valence-corrected chi connectivity index (χ2v) is 7.62. The van der Waals surface area contributed by atoms with Crippen molar-refractivity contribution in [3.05, 3.63) is 78.3 Å². The number of nitrogens with one attached hydrogen (secondary N) is 1. The number of esters is 1. The lowest BCUT2D eigenvalue weighted by Gasteiger charge is -2.36. The van der Waals surface area contributed by atoms with Crippen LogP contribution < -0.4 is 15.0 Å². The van der Waals surface area contributed by atoms with Gasteiger partial charge >= 0.3 is 5.97 Å². The SMILES string of the molecule is COc1ccc(N2CCN(C(=O)COC(=O)c3ccccc3NCc3ccco3)CC2)cc1. The fourth-order valence-corrected chi connectivity index (χ4v) is 3.71. The predicted molar refractivity (Wildman–Crippen MR) is 125 cm³/mol. The van der Waals surface area contributed by atoms with Gasteiger partial charge < -0.3 is 29.0 Å². The molecule has 1 aliphatic rings. The van der Waals surface area contributed by atoms with Crippen molar-refractivity contribution in [1.29, 1.82) is 0 Å². The molecular formula is C25H27N3O5. The molecule has 8 nitrogen and oxygen atoms in total. The summed E-state index contributed by atoms with van der Waals surface area (Å²) in [5, 5.41) is 3.17. The number of carbonyl (C=O) groups excluding carboxylic acids is 2. The largest absolute Gasteiger partial charge is 0.497 e. The van der Waals surface area contributed by atoms with E-state index in [4.69, 9.17) is 13.9 Å². The highest BCUT2D eigenvalue weighted by Crippen LogP contribution is 2.21. The van der Waals surface area contributed by atoms with Crippen molar-refractivity contribution in [1.82, 2.24) is 4.90 Å². The van der Waals surface area contributed by atoms with E-state index < -0.39 is 5.97 Å². The van der Waals surface area contributed by atoms with Crippen molar-refractivity contribution < 1.29 is 23.5 Å². The molecule has 1 saturated heterocycles. The lowest BCUT2D eigenvalue weighted by atomic mass is 10.2. The molecule has 0 saturated carbocycles. The molecule has 0 aliphatic carbocycles. The molecule has 0 atom stereocenters. The van der Waals surface area contributed by atoms with Gasteiger partial charge in [-0.2, -0.15) is 0 Å². The molecule has 0 radical (unpaired) electrons. The highest BCUT2D eigenvalue weighted by Gasteiger charge is 2.23. The average molecular weight is 450 g/mol. The second kappa shape index (κ2) is 10.6. The van der Waals surface area contributed by atoms with E-state index in [9.17, 15) is 9.59 Å². The number of para-hydroxylation sites is 1. The Balaban J connectivity index is 1.26. The summed E-state index contributed by atoms with van der Waals surface area (Å²) in [4.78, 5) is 29.2. The Hall–Kier alpha value is -3.94. The summed E-state index contributed by atoms with van der Waals surface area (Å²) in [5.74, 6) is 0.829. The Morgan fingerprint density at radius 1 is 0.970 bits per heavy atom. The Kier molecular flexibility index (Phi) is 7.14. The molecule has 1 fully saturated rings. The van der Waals surface area contributed by atoms with Crippen LogP contribution in [0.2, 0.25) is 0 Å². The summed E-state index contributed by atoms with van der Waals surface area (Å²) in [6.45, 7) is 2.73. The van der Waals surface area contributed by atoms with Crippen LogP contribution in [0.5, 0.6) is 5.75 Å². The first kappa shape index (κ1) is 22.3. The molecule has 3 aromatic rings. The Bertz CT molecular complexity index is 1060. The van der Waals surface area contributed by atoms with Crippen molar-refractivity contribution in [3.63, 3.8) is 0 Å². The van der Waals surface area contributed by atoms with Crippen LogP contribution in [0.1, 0.15) is 16.1 Å². The fraction of sp³-hybridized carbons (Fsp3) is 0.280. The van der Waals surface area contributed by atoms with E-state index in [1.54, 1.807) is 42.5 Å². The van der Waals surface area contributed by atoms with Crippen LogP contribution in [0.25, 0.3) is 0 Å². The molecule has 2 heterocycles. The minimum atomic E-state index is -0.539. The van der Waals surface area contributed by atoms with E-state index in [-0.39, 0.29) is 12.5 Å². The standard InChI is InChI=1S/C25H27N3O5/c1-31-20-10-8-19(9-11-20)27-12-14-28(15-13-27)24(29)18-33-25(30)22-6-2-3-7-23(22)26-17-21-5-4-16-32-21/h2-11,16,26H,12-15,17-18H2,1H3. The number of piperazine rings is 1. The predicted octanol–water partition coefficient (Wildman–Crippen LogP) is 3.41. The van der Waals surface area contributed by atoms with Crippen LogP contribution in [0.15, 0.2) is 71.3 Å². The number of rotatable bonds is 8. The number of hydrogen-bond donors (Lipinski definition) is 1. The zero-order valence-corrected chi connectivity index (χ0v) is 18.5. The monoisotopic (exact) mass is 449 g/mol. The van der Waals surface area contributed by atoms with Gasteiger partial charge in [0.25, 0.3) is 5.91 Å². The van der Waals surface area contributed by atoms with Crippen LogP contribution in [0.3, 0.4) is 0 Å². The number of furan rings is 1. The van der Waals surface area contributed by atoms with Gasteiger partial charge in [0.05, 0.1) is 25.5 Å². The van der Waals surface area contributed by atoms with Crippen LogP contribution in [-0.2, 0) is 16.1 Å². The van der Waals surface area contributed by atoms with Crippen molar-refractivity contribution in [3.8, 4) is 5.75 Å². The van der Waals surface area contributed by atoms with Crippen molar-refractivity contribution in [2.75, 3.05) is 50.1 Å². The molecule has 33 heavy (non-hydrogen) atoms. The first-order valence-corrected chi connectivity index (χ1v) is 10.8. The summed E-state index contributed by atoms with van der Waals surface area (Å²) in [6.07, 6.45) is 1.60. The maximum Gasteiger partial charge on any atom is 0.340 e. The minimum Gasteiger partial charge on any atom is -0.497 e. The lowest BCUT2D eigenvalue weighted by molar-refractivity contribution is -0.134. The third-order valence-electron chi connectivity index (χ3n) is 5.58. The van der Waals surface area contributed by atoms with Gasteiger partial charge in [-0.1, -0.05) is 12.1 Å². The van der Waals surface area contributed by atoms with Gasteiger partial charge in [-0.25, -0.2) is 4.79 Å². The topological polar surface area (TPSA) is 84.2 Å². The first-order valence-electron chi connectivity index (χ1n) is 10.8. The summed E-state index contributed by atoms with van der Waals surface area (Å²) < 4.78 is 15.8. The zero-order valence-electron chi connectivity index (χ0n) is 18.5. The van der Waals surface area contributed by atoms with Crippen LogP contribution >= 0.6 is 0 Å². The Morgan fingerprint density at radius 2 is 1.73 bits per heavy atom. The number of ether oxygens (including phenoxy) is 2.